The number of nitrogens with zero attached hydrogens (tertiary/aromatic N) is 1. The van der Waals surface area contributed by atoms with E-state index in [0.717, 1.165) is 17.7 Å². The number of fused-ring (bicyclic) bond motifs is 1. The number of amides is 1. The molecule has 0 saturated heterocycles. The molecule has 38 heavy (non-hydrogen) atoms. The molecule has 1 aromatic heterocycles. The van der Waals surface area contributed by atoms with Gasteiger partial charge in [0.1, 0.15) is 11.5 Å². The van der Waals surface area contributed by atoms with Crippen molar-refractivity contribution in [3.8, 4) is 5.75 Å². The van der Waals surface area contributed by atoms with Crippen molar-refractivity contribution >= 4 is 22.4 Å². The molecule has 192 valence electrons. The van der Waals surface area contributed by atoms with Crippen molar-refractivity contribution in [3.05, 3.63) is 124 Å². The van der Waals surface area contributed by atoms with Crippen LogP contribution in [-0.2, 0) is 16.8 Å². The number of carbonyl (C=O) groups excluding carboxylic acids is 1. The van der Waals surface area contributed by atoms with Crippen LogP contribution >= 0.6 is 0 Å². The van der Waals surface area contributed by atoms with Gasteiger partial charge < -0.3 is 19.7 Å². The highest BCUT2D eigenvalue weighted by Crippen LogP contribution is 2.31. The minimum absolute atomic E-state index is 0.0589. The Morgan fingerprint density at radius 3 is 2.58 bits per heavy atom. The van der Waals surface area contributed by atoms with Crippen molar-refractivity contribution in [2.45, 2.75) is 32.3 Å². The standard InChI is InChI=1S/C31H28N2O5/c1-20-8-13-25(14-9-20)37-26-15-10-23(11-16-26)31(36,19-22-6-4-3-5-7-22)30(35)32-24-12-17-27-28(18-24)21(2)33-38-29(27)34/h3-8,10-18,20,36H,9,19H2,1-2H3,(H,32,35). The minimum Gasteiger partial charge on any atom is -0.458 e. The summed E-state index contributed by atoms with van der Waals surface area (Å²) in [5, 5.41) is 19.4. The van der Waals surface area contributed by atoms with Gasteiger partial charge in [-0.25, -0.2) is 4.79 Å². The van der Waals surface area contributed by atoms with E-state index in [9.17, 15) is 14.7 Å². The Morgan fingerprint density at radius 2 is 1.87 bits per heavy atom. The summed E-state index contributed by atoms with van der Waals surface area (Å²) in [6, 6.07) is 21.1. The Balaban J connectivity index is 1.44. The molecular formula is C31H28N2O5. The third kappa shape index (κ3) is 5.28. The highest BCUT2D eigenvalue weighted by molar-refractivity contribution is 6.00. The molecule has 0 bridgehead atoms. The Bertz CT molecular complexity index is 1590. The molecule has 0 aliphatic heterocycles. The highest BCUT2D eigenvalue weighted by atomic mass is 16.5. The number of ether oxygens (including phenoxy) is 1. The molecule has 0 radical (unpaired) electrons. The number of nitrogens with one attached hydrogen (secondary N) is 1. The lowest BCUT2D eigenvalue weighted by atomic mass is 9.86. The topological polar surface area (TPSA) is 102 Å². The first-order valence-electron chi connectivity index (χ1n) is 12.5. The van der Waals surface area contributed by atoms with Crippen molar-refractivity contribution < 1.29 is 19.2 Å². The molecule has 0 fully saturated rings. The molecule has 2 unspecified atom stereocenters. The lowest BCUT2D eigenvalue weighted by Crippen LogP contribution is -2.42. The number of anilines is 1. The Hall–Kier alpha value is -4.49. The summed E-state index contributed by atoms with van der Waals surface area (Å²) in [7, 11) is 0. The first kappa shape index (κ1) is 25.2. The normalized spacial score (nSPS) is 16.5. The second kappa shape index (κ2) is 10.5. The fourth-order valence-electron chi connectivity index (χ4n) is 4.47. The third-order valence-electron chi connectivity index (χ3n) is 6.68. The number of carbonyl (C=O) groups is 1. The highest BCUT2D eigenvalue weighted by Gasteiger charge is 2.38. The van der Waals surface area contributed by atoms with Gasteiger partial charge in [0.15, 0.2) is 5.60 Å². The third-order valence-corrected chi connectivity index (χ3v) is 6.68. The number of hydrogen-bond acceptors (Lipinski definition) is 6. The second-order valence-corrected chi connectivity index (χ2v) is 9.60. The van der Waals surface area contributed by atoms with E-state index < -0.39 is 17.1 Å². The van der Waals surface area contributed by atoms with Gasteiger partial charge in [-0.15, -0.1) is 0 Å². The molecule has 2 N–H and O–H groups in total. The monoisotopic (exact) mass is 508 g/mol. The number of aromatic nitrogens is 1. The van der Waals surface area contributed by atoms with E-state index in [-0.39, 0.29) is 6.42 Å². The minimum atomic E-state index is -1.88. The zero-order valence-corrected chi connectivity index (χ0v) is 21.2. The average Bonchev–Trinajstić information content (AvgIpc) is 2.93. The predicted octanol–water partition coefficient (Wildman–Crippen LogP) is 5.42. The molecule has 0 spiro atoms. The van der Waals surface area contributed by atoms with Crippen LogP contribution in [-0.4, -0.2) is 16.2 Å². The summed E-state index contributed by atoms with van der Waals surface area (Å²) in [6.07, 6.45) is 7.07. The van der Waals surface area contributed by atoms with Crippen molar-refractivity contribution in [3.63, 3.8) is 0 Å². The summed E-state index contributed by atoms with van der Waals surface area (Å²) >= 11 is 0. The van der Waals surface area contributed by atoms with E-state index in [4.69, 9.17) is 9.26 Å². The van der Waals surface area contributed by atoms with Gasteiger partial charge in [0.05, 0.1) is 11.1 Å². The van der Waals surface area contributed by atoms with Gasteiger partial charge >= 0.3 is 5.63 Å². The van der Waals surface area contributed by atoms with Crippen LogP contribution in [0.25, 0.3) is 10.8 Å². The summed E-state index contributed by atoms with van der Waals surface area (Å²) in [5.74, 6) is 1.26. The van der Waals surface area contributed by atoms with Gasteiger partial charge in [-0.1, -0.05) is 60.6 Å². The molecule has 4 aromatic rings. The number of aliphatic hydroxyl groups is 1. The Morgan fingerprint density at radius 1 is 1.11 bits per heavy atom. The SMILES string of the molecule is Cc1noc(=O)c2ccc(NC(=O)C(O)(Cc3ccccc3)c3ccc(OC4=CCC(C)C=C4)cc3)cc12. The molecule has 1 heterocycles. The maximum absolute atomic E-state index is 13.7. The summed E-state index contributed by atoms with van der Waals surface area (Å²) in [4.78, 5) is 25.7. The van der Waals surface area contributed by atoms with E-state index in [0.29, 0.717) is 39.4 Å². The Kier molecular flexibility index (Phi) is 6.94. The van der Waals surface area contributed by atoms with Gasteiger partial charge in [-0.2, -0.15) is 0 Å². The molecule has 7 heteroatoms. The van der Waals surface area contributed by atoms with Crippen LogP contribution in [0.5, 0.6) is 5.75 Å². The number of rotatable bonds is 7. The summed E-state index contributed by atoms with van der Waals surface area (Å²) in [5.41, 5.74) is -0.268. The fraction of sp³-hybridized carbons (Fsp3) is 0.194. The maximum atomic E-state index is 13.7. The lowest BCUT2D eigenvalue weighted by molar-refractivity contribution is -0.135. The molecule has 7 nitrogen and oxygen atoms in total. The van der Waals surface area contributed by atoms with Crippen molar-refractivity contribution in [1.29, 1.82) is 0 Å². The van der Waals surface area contributed by atoms with Gasteiger partial charge in [-0.05, 0) is 72.9 Å². The van der Waals surface area contributed by atoms with Crippen molar-refractivity contribution in [1.82, 2.24) is 5.16 Å². The lowest BCUT2D eigenvalue weighted by Gasteiger charge is -2.28. The molecule has 0 saturated carbocycles. The number of allylic oxidation sites excluding steroid dienone is 3. The average molecular weight is 509 g/mol. The van der Waals surface area contributed by atoms with Gasteiger partial charge in [-0.3, -0.25) is 4.79 Å². The van der Waals surface area contributed by atoms with E-state index in [1.54, 1.807) is 49.4 Å². The molecule has 1 aliphatic rings. The van der Waals surface area contributed by atoms with Gasteiger partial charge in [0, 0.05) is 17.5 Å². The first-order chi connectivity index (χ1) is 18.3. The number of hydrogen-bond donors (Lipinski definition) is 2. The molecule has 5 rings (SSSR count). The van der Waals surface area contributed by atoms with Crippen LogP contribution in [0.15, 0.2) is 106 Å². The van der Waals surface area contributed by atoms with Crippen molar-refractivity contribution in [2.24, 2.45) is 5.92 Å². The maximum Gasteiger partial charge on any atom is 0.366 e. The van der Waals surface area contributed by atoms with Gasteiger partial charge in [0.25, 0.3) is 5.91 Å². The van der Waals surface area contributed by atoms with Crippen LogP contribution in [0.1, 0.15) is 30.2 Å². The smallest absolute Gasteiger partial charge is 0.366 e. The number of aryl methyl sites for hydroxylation is 1. The van der Waals surface area contributed by atoms with Crippen LogP contribution in [0.4, 0.5) is 5.69 Å². The zero-order valence-electron chi connectivity index (χ0n) is 21.2. The zero-order chi connectivity index (χ0) is 26.7. The molecule has 1 aliphatic carbocycles. The van der Waals surface area contributed by atoms with Crippen LogP contribution in [0.3, 0.4) is 0 Å². The van der Waals surface area contributed by atoms with E-state index >= 15 is 0 Å². The van der Waals surface area contributed by atoms with Crippen LogP contribution in [0.2, 0.25) is 0 Å². The van der Waals surface area contributed by atoms with Crippen molar-refractivity contribution in [2.75, 3.05) is 5.32 Å². The van der Waals surface area contributed by atoms with Crippen LogP contribution in [0, 0.1) is 12.8 Å². The van der Waals surface area contributed by atoms with E-state index in [1.165, 1.54) is 0 Å². The van der Waals surface area contributed by atoms with E-state index in [1.807, 2.05) is 42.5 Å². The fourth-order valence-corrected chi connectivity index (χ4v) is 4.47. The van der Waals surface area contributed by atoms with Crippen LogP contribution < -0.4 is 15.7 Å². The molecule has 2 atom stereocenters. The van der Waals surface area contributed by atoms with E-state index in [2.05, 4.69) is 23.5 Å². The summed E-state index contributed by atoms with van der Waals surface area (Å²) in [6.45, 7) is 3.86. The second-order valence-electron chi connectivity index (χ2n) is 9.60. The predicted molar refractivity (Wildman–Crippen MR) is 146 cm³/mol. The summed E-state index contributed by atoms with van der Waals surface area (Å²) < 4.78 is 10.7. The molecular weight excluding hydrogens is 480 g/mol. The first-order valence-corrected chi connectivity index (χ1v) is 12.5. The quantitative estimate of drug-likeness (QED) is 0.345. The largest absolute Gasteiger partial charge is 0.458 e. The molecule has 3 aromatic carbocycles. The number of benzene rings is 3. The Labute approximate surface area is 220 Å². The van der Waals surface area contributed by atoms with Gasteiger partial charge in [0.2, 0.25) is 0 Å². The molecule has 1 amide bonds.